The van der Waals surface area contributed by atoms with Gasteiger partial charge in [0.25, 0.3) is 0 Å². The normalized spacial score (nSPS) is 10.3. The Morgan fingerprint density at radius 3 is 2.47 bits per heavy atom. The fraction of sp³-hybridized carbons (Fsp3) is 0.176. The summed E-state index contributed by atoms with van der Waals surface area (Å²) in [4.78, 5) is 0. The largest absolute Gasteiger partial charge is 0.103 e. The summed E-state index contributed by atoms with van der Waals surface area (Å²) in [6.45, 7) is 9.52. The van der Waals surface area contributed by atoms with Crippen LogP contribution in [0.3, 0.4) is 0 Å². The molecule has 0 aliphatic carbocycles. The highest BCUT2D eigenvalue weighted by Crippen LogP contribution is 2.05. The monoisotopic (exact) mass is 222 g/mol. The molecule has 0 aliphatic rings. The average Bonchev–Trinajstić information content (AvgIpc) is 2.35. The zero-order valence-electron chi connectivity index (χ0n) is 10.4. The molecular formula is C17H18. The molecular weight excluding hydrogens is 204 g/mol. The van der Waals surface area contributed by atoms with Crippen molar-refractivity contribution in [2.24, 2.45) is 0 Å². The van der Waals surface area contributed by atoms with Crippen LogP contribution in [0.4, 0.5) is 0 Å². The van der Waals surface area contributed by atoms with E-state index in [0.717, 1.165) is 24.0 Å². The van der Waals surface area contributed by atoms with Gasteiger partial charge in [0.15, 0.2) is 0 Å². The van der Waals surface area contributed by atoms with Gasteiger partial charge in [0.05, 0.1) is 0 Å². The first-order valence-corrected chi connectivity index (χ1v) is 5.75. The summed E-state index contributed by atoms with van der Waals surface area (Å²) in [5.74, 6) is 6.35. The maximum absolute atomic E-state index is 3.74. The quantitative estimate of drug-likeness (QED) is 0.522. The fourth-order valence-corrected chi connectivity index (χ4v) is 1.36. The van der Waals surface area contributed by atoms with E-state index in [1.165, 1.54) is 5.56 Å². The third kappa shape index (κ3) is 5.04. The van der Waals surface area contributed by atoms with Crippen LogP contribution in [0.15, 0.2) is 61.2 Å². The first-order valence-electron chi connectivity index (χ1n) is 5.75. The molecule has 0 N–H and O–H groups in total. The molecule has 1 aromatic rings. The van der Waals surface area contributed by atoms with Gasteiger partial charge in [-0.2, -0.15) is 0 Å². The number of allylic oxidation sites excluding steroid dienone is 4. The smallest absolute Gasteiger partial charge is 0.0249 e. The van der Waals surface area contributed by atoms with Crippen LogP contribution < -0.4 is 0 Å². The van der Waals surface area contributed by atoms with Crippen LogP contribution in [-0.2, 0) is 0 Å². The molecule has 17 heavy (non-hydrogen) atoms. The van der Waals surface area contributed by atoms with E-state index in [0.29, 0.717) is 0 Å². The second-order valence-corrected chi connectivity index (χ2v) is 3.86. The van der Waals surface area contributed by atoms with E-state index in [9.17, 15) is 0 Å². The Balaban J connectivity index is 2.82. The van der Waals surface area contributed by atoms with Crippen molar-refractivity contribution in [1.29, 1.82) is 0 Å². The summed E-state index contributed by atoms with van der Waals surface area (Å²) in [5.41, 5.74) is 3.40. The molecule has 0 bridgehead atoms. The number of benzene rings is 1. The van der Waals surface area contributed by atoms with Crippen molar-refractivity contribution in [2.75, 3.05) is 0 Å². The first kappa shape index (κ1) is 13.1. The Kier molecular flexibility index (Phi) is 5.61. The molecule has 0 radical (unpaired) electrons. The van der Waals surface area contributed by atoms with Crippen LogP contribution in [0.25, 0.3) is 0 Å². The lowest BCUT2D eigenvalue weighted by molar-refractivity contribution is 1.26. The minimum Gasteiger partial charge on any atom is -0.103 e. The molecule has 0 fully saturated rings. The summed E-state index contributed by atoms with van der Waals surface area (Å²) in [6.07, 6.45) is 7.50. The maximum Gasteiger partial charge on any atom is 0.0249 e. The number of hydrogen-bond acceptors (Lipinski definition) is 0. The topological polar surface area (TPSA) is 0 Å². The molecule has 0 saturated heterocycles. The summed E-state index contributed by atoms with van der Waals surface area (Å²) in [6, 6.07) is 8.23. The zero-order chi connectivity index (χ0) is 12.5. The van der Waals surface area contributed by atoms with Gasteiger partial charge in [0.1, 0.15) is 0 Å². The summed E-state index contributed by atoms with van der Waals surface area (Å²) >= 11 is 0. The lowest BCUT2D eigenvalue weighted by atomic mass is 10.1. The van der Waals surface area contributed by atoms with Gasteiger partial charge >= 0.3 is 0 Å². The molecule has 0 atom stereocenters. The van der Waals surface area contributed by atoms with Gasteiger partial charge in [-0.25, -0.2) is 0 Å². The first-order chi connectivity index (χ1) is 8.26. The lowest BCUT2D eigenvalue weighted by Crippen LogP contribution is -1.79. The SMILES string of the molecule is C=CCC=C(C#Cc1ccc(C)cc1)CC=C. The highest BCUT2D eigenvalue weighted by atomic mass is 13.9. The average molecular weight is 222 g/mol. The molecule has 1 aromatic carbocycles. The van der Waals surface area contributed by atoms with Crippen molar-refractivity contribution < 1.29 is 0 Å². The predicted octanol–water partition coefficient (Wildman–Crippen LogP) is 4.43. The fourth-order valence-electron chi connectivity index (χ4n) is 1.36. The molecule has 1 rings (SSSR count). The highest BCUT2D eigenvalue weighted by Gasteiger charge is 1.89. The van der Waals surface area contributed by atoms with E-state index < -0.39 is 0 Å². The van der Waals surface area contributed by atoms with Crippen LogP contribution in [0.5, 0.6) is 0 Å². The van der Waals surface area contributed by atoms with Gasteiger partial charge < -0.3 is 0 Å². The molecule has 0 unspecified atom stereocenters. The Morgan fingerprint density at radius 2 is 1.88 bits per heavy atom. The second kappa shape index (κ2) is 7.30. The minimum atomic E-state index is 0.812. The molecule has 0 spiro atoms. The van der Waals surface area contributed by atoms with Crippen molar-refractivity contribution in [2.45, 2.75) is 19.8 Å². The van der Waals surface area contributed by atoms with Gasteiger partial charge in [-0.15, -0.1) is 13.2 Å². The molecule has 86 valence electrons. The van der Waals surface area contributed by atoms with Gasteiger partial charge in [-0.1, -0.05) is 47.8 Å². The zero-order valence-corrected chi connectivity index (χ0v) is 10.4. The van der Waals surface area contributed by atoms with Crippen LogP contribution in [0.2, 0.25) is 0 Å². The molecule has 0 amide bonds. The molecule has 0 aliphatic heterocycles. The highest BCUT2D eigenvalue weighted by molar-refractivity contribution is 5.42. The van der Waals surface area contributed by atoms with E-state index in [1.807, 2.05) is 24.3 Å². The number of aryl methyl sites for hydroxylation is 1. The third-order valence-electron chi connectivity index (χ3n) is 2.31. The summed E-state index contributed by atoms with van der Waals surface area (Å²) in [7, 11) is 0. The Hall–Kier alpha value is -2.00. The van der Waals surface area contributed by atoms with Crippen molar-refractivity contribution in [3.05, 3.63) is 72.4 Å². The van der Waals surface area contributed by atoms with Crippen molar-refractivity contribution >= 4 is 0 Å². The minimum absolute atomic E-state index is 0.812. The van der Waals surface area contributed by atoms with Crippen LogP contribution in [-0.4, -0.2) is 0 Å². The van der Waals surface area contributed by atoms with Crippen LogP contribution >= 0.6 is 0 Å². The van der Waals surface area contributed by atoms with Crippen molar-refractivity contribution in [3.63, 3.8) is 0 Å². The molecule has 0 saturated carbocycles. The Labute approximate surface area is 104 Å². The van der Waals surface area contributed by atoms with Gasteiger partial charge in [-0.3, -0.25) is 0 Å². The van der Waals surface area contributed by atoms with E-state index in [-0.39, 0.29) is 0 Å². The van der Waals surface area contributed by atoms with E-state index in [1.54, 1.807) is 0 Å². The molecule has 0 heteroatoms. The standard InChI is InChI=1S/C17H18/c1-4-6-8-16(7-5-2)13-14-17-11-9-15(3)10-12-17/h4-5,8-12H,1-2,6-7H2,3H3. The van der Waals surface area contributed by atoms with Crippen molar-refractivity contribution in [3.8, 4) is 11.8 Å². The Bertz CT molecular complexity index is 461. The van der Waals surface area contributed by atoms with Gasteiger partial charge in [0.2, 0.25) is 0 Å². The maximum atomic E-state index is 3.74. The molecule has 0 aromatic heterocycles. The van der Waals surface area contributed by atoms with Crippen LogP contribution in [0.1, 0.15) is 24.0 Å². The van der Waals surface area contributed by atoms with E-state index >= 15 is 0 Å². The van der Waals surface area contributed by atoms with E-state index in [4.69, 9.17) is 0 Å². The van der Waals surface area contributed by atoms with Gasteiger partial charge in [0, 0.05) is 11.1 Å². The Morgan fingerprint density at radius 1 is 1.18 bits per heavy atom. The summed E-state index contributed by atoms with van der Waals surface area (Å²) < 4.78 is 0. The third-order valence-corrected chi connectivity index (χ3v) is 2.31. The van der Waals surface area contributed by atoms with Gasteiger partial charge in [-0.05, 0) is 31.9 Å². The van der Waals surface area contributed by atoms with Crippen molar-refractivity contribution in [1.82, 2.24) is 0 Å². The number of hydrogen-bond donors (Lipinski definition) is 0. The summed E-state index contributed by atoms with van der Waals surface area (Å²) in [5, 5.41) is 0. The molecule has 0 nitrogen and oxygen atoms in total. The van der Waals surface area contributed by atoms with Crippen LogP contribution in [0, 0.1) is 18.8 Å². The second-order valence-electron chi connectivity index (χ2n) is 3.86. The lowest BCUT2D eigenvalue weighted by Gasteiger charge is -1.94. The molecule has 0 heterocycles. The predicted molar refractivity (Wildman–Crippen MR) is 75.8 cm³/mol. The van der Waals surface area contributed by atoms with E-state index in [2.05, 4.69) is 50.1 Å². The number of rotatable bonds is 4.